The van der Waals surface area contributed by atoms with E-state index in [2.05, 4.69) is 10.3 Å². The summed E-state index contributed by atoms with van der Waals surface area (Å²) < 4.78 is 0. The molecule has 0 aliphatic carbocycles. The molecule has 0 atom stereocenters. The number of nitrogens with two attached hydrogens (primary N) is 1. The lowest BCUT2D eigenvalue weighted by Crippen LogP contribution is -2.21. The molecule has 5 nitrogen and oxygen atoms in total. The van der Waals surface area contributed by atoms with Crippen LogP contribution >= 0.6 is 0 Å². The minimum atomic E-state index is 0.00666. The molecule has 0 amide bonds. The maximum Gasteiger partial charge on any atom is 0.198 e. The molecule has 112 valence electrons. The van der Waals surface area contributed by atoms with Gasteiger partial charge in [0.05, 0.1) is 5.69 Å². The van der Waals surface area contributed by atoms with Crippen LogP contribution < -0.4 is 11.1 Å². The molecule has 2 aromatic rings. The number of carbonyl (C=O) groups is 2. The summed E-state index contributed by atoms with van der Waals surface area (Å²) in [6, 6.07) is 13.8. The van der Waals surface area contributed by atoms with E-state index in [4.69, 9.17) is 5.73 Å². The molecule has 0 bridgehead atoms. The third kappa shape index (κ3) is 4.02. The highest BCUT2D eigenvalue weighted by molar-refractivity contribution is 5.97. The van der Waals surface area contributed by atoms with Crippen molar-refractivity contribution >= 4 is 28.9 Å². The number of rotatable bonds is 4. The van der Waals surface area contributed by atoms with Crippen LogP contribution in [0.25, 0.3) is 0 Å². The van der Waals surface area contributed by atoms with Crippen molar-refractivity contribution in [1.82, 2.24) is 0 Å². The van der Waals surface area contributed by atoms with Crippen LogP contribution in [0, 0.1) is 0 Å². The van der Waals surface area contributed by atoms with E-state index in [1.807, 2.05) is 0 Å². The van der Waals surface area contributed by atoms with Gasteiger partial charge in [-0.15, -0.1) is 0 Å². The van der Waals surface area contributed by atoms with E-state index in [0.29, 0.717) is 16.8 Å². The first-order valence-corrected chi connectivity index (χ1v) is 6.79. The number of nitrogens with zero attached hydrogens (tertiary/aromatic N) is 1. The molecule has 2 rings (SSSR count). The van der Waals surface area contributed by atoms with Gasteiger partial charge >= 0.3 is 0 Å². The van der Waals surface area contributed by atoms with E-state index in [-0.39, 0.29) is 17.5 Å². The topological polar surface area (TPSA) is 84.6 Å². The minimum absolute atomic E-state index is 0.00666. The normalized spacial score (nSPS) is 11.1. The Hall–Kier alpha value is -2.95. The average molecular weight is 295 g/mol. The van der Waals surface area contributed by atoms with E-state index in [1.165, 1.54) is 13.8 Å². The summed E-state index contributed by atoms with van der Waals surface area (Å²) >= 11 is 0. The zero-order valence-electron chi connectivity index (χ0n) is 12.5. The van der Waals surface area contributed by atoms with Gasteiger partial charge in [-0.1, -0.05) is 0 Å². The number of benzene rings is 2. The molecule has 5 heteroatoms. The number of anilines is 1. The first-order chi connectivity index (χ1) is 10.5. The summed E-state index contributed by atoms with van der Waals surface area (Å²) in [6.45, 7) is 3.03. The van der Waals surface area contributed by atoms with Crippen LogP contribution in [0.3, 0.4) is 0 Å². The molecule has 2 aromatic carbocycles. The third-order valence-electron chi connectivity index (χ3n) is 3.09. The quantitative estimate of drug-likeness (QED) is 0.515. The van der Waals surface area contributed by atoms with E-state index in [0.717, 1.165) is 5.69 Å². The third-order valence-corrected chi connectivity index (χ3v) is 3.09. The van der Waals surface area contributed by atoms with Gasteiger partial charge < -0.3 is 11.1 Å². The number of Topliss-reactive ketones (excluding diaryl/α,β-unsaturated/α-hetero) is 2. The Balaban J connectivity index is 2.08. The van der Waals surface area contributed by atoms with Crippen LogP contribution in [-0.2, 0) is 0 Å². The zero-order valence-corrected chi connectivity index (χ0v) is 12.5. The monoisotopic (exact) mass is 295 g/mol. The zero-order chi connectivity index (χ0) is 16.1. The van der Waals surface area contributed by atoms with E-state index < -0.39 is 0 Å². The van der Waals surface area contributed by atoms with Gasteiger partial charge in [-0.3, -0.25) is 9.59 Å². The molecule has 0 radical (unpaired) electrons. The summed E-state index contributed by atoms with van der Waals surface area (Å²) in [5, 5.41) is 2.94. The fraction of sp³-hybridized carbons (Fsp3) is 0.118. The first-order valence-electron chi connectivity index (χ1n) is 6.79. The van der Waals surface area contributed by atoms with Crippen LogP contribution in [0.1, 0.15) is 34.6 Å². The molecule has 0 fully saturated rings. The predicted molar refractivity (Wildman–Crippen MR) is 87.8 cm³/mol. The van der Waals surface area contributed by atoms with Crippen molar-refractivity contribution in [1.29, 1.82) is 0 Å². The van der Waals surface area contributed by atoms with E-state index >= 15 is 0 Å². The average Bonchev–Trinajstić information content (AvgIpc) is 2.48. The van der Waals surface area contributed by atoms with Gasteiger partial charge in [-0.25, -0.2) is 4.99 Å². The predicted octanol–water partition coefficient (Wildman–Crippen LogP) is 3.15. The molecule has 0 heterocycles. The van der Waals surface area contributed by atoms with Gasteiger partial charge in [0.25, 0.3) is 0 Å². The highest BCUT2D eigenvalue weighted by Gasteiger charge is 2.01. The molecule has 3 N–H and O–H groups in total. The lowest BCUT2D eigenvalue weighted by atomic mass is 10.1. The van der Waals surface area contributed by atoms with Gasteiger partial charge in [0.15, 0.2) is 17.5 Å². The highest BCUT2D eigenvalue weighted by Crippen LogP contribution is 2.14. The Kier molecular flexibility index (Phi) is 4.68. The van der Waals surface area contributed by atoms with Crippen molar-refractivity contribution in [2.24, 2.45) is 10.7 Å². The number of guanidine groups is 1. The van der Waals surface area contributed by atoms with E-state index in [1.54, 1.807) is 48.5 Å². The van der Waals surface area contributed by atoms with Crippen LogP contribution in [-0.4, -0.2) is 17.5 Å². The molecule has 22 heavy (non-hydrogen) atoms. The summed E-state index contributed by atoms with van der Waals surface area (Å²) in [6.07, 6.45) is 0. The van der Waals surface area contributed by atoms with Gasteiger partial charge in [0.2, 0.25) is 0 Å². The summed E-state index contributed by atoms with van der Waals surface area (Å²) in [4.78, 5) is 26.6. The van der Waals surface area contributed by atoms with Gasteiger partial charge in [-0.2, -0.15) is 0 Å². The number of carbonyl (C=O) groups excluding carboxylic acids is 2. The maximum atomic E-state index is 11.2. The molecule has 0 aromatic heterocycles. The molecular formula is C17H17N3O2. The molecule has 0 saturated carbocycles. The Bertz CT molecular complexity index is 717. The fourth-order valence-electron chi connectivity index (χ4n) is 1.87. The Morgan fingerprint density at radius 1 is 0.864 bits per heavy atom. The molecule has 0 aliphatic rings. The molecular weight excluding hydrogens is 278 g/mol. The van der Waals surface area contributed by atoms with Crippen molar-refractivity contribution in [2.75, 3.05) is 5.32 Å². The van der Waals surface area contributed by atoms with Crippen molar-refractivity contribution < 1.29 is 9.59 Å². The van der Waals surface area contributed by atoms with Crippen LogP contribution in [0.5, 0.6) is 0 Å². The number of hydrogen-bond donors (Lipinski definition) is 2. The van der Waals surface area contributed by atoms with Crippen LogP contribution in [0.2, 0.25) is 0 Å². The van der Waals surface area contributed by atoms with Gasteiger partial charge in [-0.05, 0) is 62.4 Å². The summed E-state index contributed by atoms with van der Waals surface area (Å²) in [7, 11) is 0. The highest BCUT2D eigenvalue weighted by atomic mass is 16.1. The van der Waals surface area contributed by atoms with Crippen LogP contribution in [0.4, 0.5) is 11.4 Å². The first kappa shape index (κ1) is 15.4. The second-order valence-electron chi connectivity index (χ2n) is 4.86. The largest absolute Gasteiger partial charge is 0.369 e. The van der Waals surface area contributed by atoms with Crippen molar-refractivity contribution in [2.45, 2.75) is 13.8 Å². The van der Waals surface area contributed by atoms with Gasteiger partial charge in [0, 0.05) is 16.8 Å². The summed E-state index contributed by atoms with van der Waals surface area (Å²) in [5.41, 5.74) is 8.50. The minimum Gasteiger partial charge on any atom is -0.369 e. The lowest BCUT2D eigenvalue weighted by molar-refractivity contribution is 0.100. The number of aliphatic imine (C=N–C) groups is 1. The smallest absolute Gasteiger partial charge is 0.198 e. The van der Waals surface area contributed by atoms with Gasteiger partial charge in [0.1, 0.15) is 0 Å². The van der Waals surface area contributed by atoms with Crippen molar-refractivity contribution in [3.05, 3.63) is 59.7 Å². The fourth-order valence-corrected chi connectivity index (χ4v) is 1.87. The van der Waals surface area contributed by atoms with E-state index in [9.17, 15) is 9.59 Å². The standard InChI is InChI=1S/C17H17N3O2/c1-11(21)13-3-7-15(8-4-13)19-17(18)20-16-9-5-14(6-10-16)12(2)22/h3-10H,1-2H3,(H3,18,19,20). The maximum absolute atomic E-state index is 11.2. The number of nitrogens with one attached hydrogen (secondary N) is 1. The second kappa shape index (κ2) is 6.67. The van der Waals surface area contributed by atoms with Crippen molar-refractivity contribution in [3.63, 3.8) is 0 Å². The number of ketones is 2. The Morgan fingerprint density at radius 3 is 1.77 bits per heavy atom. The Morgan fingerprint density at radius 2 is 1.32 bits per heavy atom. The molecule has 0 aliphatic heterocycles. The van der Waals surface area contributed by atoms with Crippen LogP contribution in [0.15, 0.2) is 53.5 Å². The summed E-state index contributed by atoms with van der Waals surface area (Å²) in [5.74, 6) is 0.247. The molecule has 0 unspecified atom stereocenters. The Labute approximate surface area is 128 Å². The van der Waals surface area contributed by atoms with Crippen molar-refractivity contribution in [3.8, 4) is 0 Å². The molecule has 0 saturated heterocycles. The lowest BCUT2D eigenvalue weighted by Gasteiger charge is -2.06. The molecule has 0 spiro atoms. The SMILES string of the molecule is CC(=O)c1ccc(N=C(N)Nc2ccc(C(C)=O)cc2)cc1. The second-order valence-corrected chi connectivity index (χ2v) is 4.86. The number of hydrogen-bond acceptors (Lipinski definition) is 3.